The highest BCUT2D eigenvalue weighted by atomic mass is 19.1. The molecule has 4 rings (SSSR count). The number of pyridine rings is 1. The topological polar surface area (TPSA) is 39.1 Å². The Morgan fingerprint density at radius 1 is 0.893 bits per heavy atom. The number of piperazine rings is 1. The first-order valence-electron chi connectivity index (χ1n) is 9.43. The Kier molecular flexibility index (Phi) is 4.94. The average Bonchev–Trinajstić information content (AvgIpc) is 2.73. The molecule has 2 heterocycles. The molecule has 3 aromatic rings. The summed E-state index contributed by atoms with van der Waals surface area (Å²) in [6.45, 7) is 5.65. The minimum absolute atomic E-state index is 0.200. The van der Waals surface area contributed by atoms with E-state index in [4.69, 9.17) is 9.47 Å². The van der Waals surface area contributed by atoms with E-state index >= 15 is 0 Å². The molecule has 0 amide bonds. The summed E-state index contributed by atoms with van der Waals surface area (Å²) in [7, 11) is 3.34. The zero-order chi connectivity index (χ0) is 19.7. The number of aryl methyl sites for hydroxylation is 1. The number of benzene rings is 2. The van der Waals surface area contributed by atoms with E-state index in [1.165, 1.54) is 12.1 Å². The molecule has 2 aromatic carbocycles. The van der Waals surface area contributed by atoms with Crippen molar-refractivity contribution in [2.45, 2.75) is 6.92 Å². The maximum Gasteiger partial charge on any atom is 0.275 e. The van der Waals surface area contributed by atoms with Gasteiger partial charge < -0.3 is 14.4 Å². The van der Waals surface area contributed by atoms with Gasteiger partial charge in [0.2, 0.25) is 0 Å². The molecule has 146 valence electrons. The molecule has 1 aromatic heterocycles. The number of aromatic amines is 1. The largest absolute Gasteiger partial charge is 0.496 e. The Balaban J connectivity index is 1.59. The average molecular weight is 382 g/mol. The van der Waals surface area contributed by atoms with Crippen molar-refractivity contribution in [3.63, 3.8) is 0 Å². The summed E-state index contributed by atoms with van der Waals surface area (Å²) in [5.74, 6) is 2.45. The first-order chi connectivity index (χ1) is 13.6. The predicted molar refractivity (Wildman–Crippen MR) is 109 cm³/mol. The summed E-state index contributed by atoms with van der Waals surface area (Å²) in [6.07, 6.45) is 0. The Labute approximate surface area is 164 Å². The quantitative estimate of drug-likeness (QED) is 0.693. The van der Waals surface area contributed by atoms with E-state index in [2.05, 4.69) is 27.8 Å². The normalized spacial score (nSPS) is 14.4. The van der Waals surface area contributed by atoms with Crippen molar-refractivity contribution in [2.24, 2.45) is 0 Å². The van der Waals surface area contributed by atoms with E-state index in [-0.39, 0.29) is 5.82 Å². The highest BCUT2D eigenvalue weighted by Gasteiger charge is 2.25. The molecule has 28 heavy (non-hydrogen) atoms. The van der Waals surface area contributed by atoms with E-state index in [1.807, 2.05) is 24.3 Å². The lowest BCUT2D eigenvalue weighted by atomic mass is 10.1. The number of nitrogens with one attached hydrogen (secondary N) is 1. The van der Waals surface area contributed by atoms with E-state index in [9.17, 15) is 4.39 Å². The van der Waals surface area contributed by atoms with Crippen LogP contribution in [0.1, 0.15) is 5.56 Å². The molecule has 6 heteroatoms. The third-order valence-electron chi connectivity index (χ3n) is 5.35. The molecule has 1 fully saturated rings. The molecule has 0 spiro atoms. The molecular weight excluding hydrogens is 357 g/mol. The van der Waals surface area contributed by atoms with Crippen LogP contribution in [0.4, 0.5) is 15.9 Å². The summed E-state index contributed by atoms with van der Waals surface area (Å²) in [5.41, 5.74) is 3.21. The number of H-pyrrole nitrogens is 1. The smallest absolute Gasteiger partial charge is 0.275 e. The first kappa shape index (κ1) is 18.3. The van der Waals surface area contributed by atoms with Gasteiger partial charge in [0, 0.05) is 23.9 Å². The van der Waals surface area contributed by atoms with Gasteiger partial charge >= 0.3 is 0 Å². The van der Waals surface area contributed by atoms with Gasteiger partial charge in [-0.3, -0.25) is 4.90 Å². The minimum Gasteiger partial charge on any atom is -0.496 e. The Bertz CT molecular complexity index is 983. The minimum atomic E-state index is -0.200. The first-order valence-corrected chi connectivity index (χ1v) is 9.43. The fourth-order valence-electron chi connectivity index (χ4n) is 3.85. The molecule has 1 saturated heterocycles. The van der Waals surface area contributed by atoms with E-state index in [0.29, 0.717) is 0 Å². The zero-order valence-electron chi connectivity index (χ0n) is 16.5. The van der Waals surface area contributed by atoms with Gasteiger partial charge in [-0.1, -0.05) is 0 Å². The van der Waals surface area contributed by atoms with E-state index < -0.39 is 0 Å². The molecule has 0 unspecified atom stereocenters. The second-order valence-corrected chi connectivity index (χ2v) is 7.04. The number of hydrogen-bond donors (Lipinski definition) is 0. The van der Waals surface area contributed by atoms with Crippen molar-refractivity contribution >= 4 is 22.4 Å². The molecule has 1 aliphatic heterocycles. The molecule has 0 saturated carbocycles. The van der Waals surface area contributed by atoms with Crippen molar-refractivity contribution in [1.29, 1.82) is 0 Å². The summed E-state index contributed by atoms with van der Waals surface area (Å²) in [5, 5.41) is 1.07. The summed E-state index contributed by atoms with van der Waals surface area (Å²) in [6, 6.07) is 12.8. The van der Waals surface area contributed by atoms with Crippen LogP contribution in [-0.2, 0) is 0 Å². The Morgan fingerprint density at radius 3 is 2.21 bits per heavy atom. The fraction of sp³-hybridized carbons (Fsp3) is 0.318. The van der Waals surface area contributed by atoms with E-state index in [0.717, 1.165) is 65.6 Å². The van der Waals surface area contributed by atoms with Gasteiger partial charge in [0.1, 0.15) is 35.9 Å². The molecule has 0 bridgehead atoms. The third-order valence-corrected chi connectivity index (χ3v) is 5.35. The van der Waals surface area contributed by atoms with Gasteiger partial charge in [-0.2, -0.15) is 0 Å². The maximum absolute atomic E-state index is 13.2. The van der Waals surface area contributed by atoms with Crippen LogP contribution in [0.25, 0.3) is 10.9 Å². The van der Waals surface area contributed by atoms with E-state index in [1.54, 1.807) is 14.2 Å². The zero-order valence-corrected chi connectivity index (χ0v) is 16.5. The van der Waals surface area contributed by atoms with Gasteiger partial charge in [0.25, 0.3) is 5.82 Å². The lowest BCUT2D eigenvalue weighted by Crippen LogP contribution is -2.48. The number of ether oxygens (including phenoxy) is 2. The SMILES string of the molecule is COc1cc(OC)c2c(C)cc(N3CCN(c4ccc(F)cc4)CC3)[nH+]c2c1. The molecule has 0 atom stereocenters. The highest BCUT2D eigenvalue weighted by molar-refractivity contribution is 5.88. The second-order valence-electron chi connectivity index (χ2n) is 7.04. The van der Waals surface area contributed by atoms with Crippen LogP contribution in [-0.4, -0.2) is 40.4 Å². The van der Waals surface area contributed by atoms with Crippen molar-refractivity contribution in [3.05, 3.63) is 53.8 Å². The third kappa shape index (κ3) is 3.42. The number of methoxy groups -OCH3 is 2. The number of nitrogens with zero attached hydrogens (tertiary/aromatic N) is 2. The van der Waals surface area contributed by atoms with Crippen molar-refractivity contribution in [3.8, 4) is 11.5 Å². The number of aromatic nitrogens is 1. The summed E-state index contributed by atoms with van der Waals surface area (Å²) >= 11 is 0. The lowest BCUT2D eigenvalue weighted by Gasteiger charge is -2.32. The van der Waals surface area contributed by atoms with Gasteiger partial charge in [-0.05, 0) is 36.8 Å². The molecule has 0 radical (unpaired) electrons. The number of halogens is 1. The van der Waals surface area contributed by atoms with Crippen LogP contribution < -0.4 is 24.3 Å². The number of anilines is 2. The van der Waals surface area contributed by atoms with Crippen LogP contribution in [0.2, 0.25) is 0 Å². The molecule has 1 N–H and O–H groups in total. The molecule has 0 aliphatic carbocycles. The van der Waals surface area contributed by atoms with Crippen LogP contribution in [0.3, 0.4) is 0 Å². The fourth-order valence-corrected chi connectivity index (χ4v) is 3.85. The predicted octanol–water partition coefficient (Wildman–Crippen LogP) is 3.45. The number of rotatable bonds is 4. The van der Waals surface area contributed by atoms with Crippen molar-refractivity contribution < 1.29 is 18.8 Å². The number of fused-ring (bicyclic) bond motifs is 1. The Morgan fingerprint density at radius 2 is 1.57 bits per heavy atom. The summed E-state index contributed by atoms with van der Waals surface area (Å²) in [4.78, 5) is 8.18. The van der Waals surface area contributed by atoms with Crippen molar-refractivity contribution in [2.75, 3.05) is 50.2 Å². The molecular formula is C22H25FN3O2+. The van der Waals surface area contributed by atoms with Gasteiger partial charge in [-0.25, -0.2) is 9.37 Å². The van der Waals surface area contributed by atoms with Gasteiger partial charge in [0.05, 0.1) is 32.7 Å². The molecule has 5 nitrogen and oxygen atoms in total. The maximum atomic E-state index is 13.2. The van der Waals surface area contributed by atoms with Gasteiger partial charge in [-0.15, -0.1) is 0 Å². The van der Waals surface area contributed by atoms with Crippen molar-refractivity contribution in [1.82, 2.24) is 0 Å². The highest BCUT2D eigenvalue weighted by Crippen LogP contribution is 2.32. The van der Waals surface area contributed by atoms with Crippen LogP contribution in [0.5, 0.6) is 11.5 Å². The van der Waals surface area contributed by atoms with Crippen LogP contribution >= 0.6 is 0 Å². The van der Waals surface area contributed by atoms with Crippen LogP contribution in [0, 0.1) is 12.7 Å². The Hall–Kier alpha value is -3.02. The van der Waals surface area contributed by atoms with Gasteiger partial charge in [0.15, 0.2) is 0 Å². The monoisotopic (exact) mass is 382 g/mol. The summed E-state index contributed by atoms with van der Waals surface area (Å²) < 4.78 is 24.1. The number of hydrogen-bond acceptors (Lipinski definition) is 4. The van der Waals surface area contributed by atoms with Crippen LogP contribution in [0.15, 0.2) is 42.5 Å². The second kappa shape index (κ2) is 7.54. The lowest BCUT2D eigenvalue weighted by molar-refractivity contribution is -0.330. The standard InChI is InChI=1S/C22H24FN3O2/c1-15-12-21(24-19-13-18(27-2)14-20(28-3)22(15)19)26-10-8-25(9-11-26)17-6-4-16(23)5-7-17/h4-7,12-14H,8-11H2,1-3H3/p+1. The molecule has 1 aliphatic rings.